The van der Waals surface area contributed by atoms with Crippen LogP contribution in [0.1, 0.15) is 31.1 Å². The summed E-state index contributed by atoms with van der Waals surface area (Å²) < 4.78 is 15.8. The van der Waals surface area contributed by atoms with E-state index < -0.39 is 0 Å². The van der Waals surface area contributed by atoms with Crippen molar-refractivity contribution in [1.82, 2.24) is 9.88 Å². The van der Waals surface area contributed by atoms with Gasteiger partial charge in [0, 0.05) is 36.6 Å². The molecule has 0 saturated carbocycles. The average Bonchev–Trinajstić information content (AvgIpc) is 2.84. The Morgan fingerprint density at radius 2 is 2.00 bits per heavy atom. The zero-order valence-corrected chi connectivity index (χ0v) is 10.9. The van der Waals surface area contributed by atoms with E-state index in [2.05, 4.69) is 29.1 Å². The zero-order chi connectivity index (χ0) is 13.0. The largest absolute Gasteiger partial charge is 0.351 e. The quantitative estimate of drug-likeness (QED) is 0.854. The summed E-state index contributed by atoms with van der Waals surface area (Å²) in [5.41, 5.74) is 1.94. The molecular formula is C15H19FN2. The molecule has 96 valence electrons. The first kappa shape index (κ1) is 12.8. The lowest BCUT2D eigenvalue weighted by molar-refractivity contribution is 0.516. The molecule has 1 heterocycles. The Morgan fingerprint density at radius 3 is 2.72 bits per heavy atom. The Kier molecular flexibility index (Phi) is 4.15. The van der Waals surface area contributed by atoms with Gasteiger partial charge >= 0.3 is 0 Å². The average molecular weight is 246 g/mol. The van der Waals surface area contributed by atoms with Gasteiger partial charge in [-0.3, -0.25) is 0 Å². The molecule has 0 amide bonds. The second-order valence-corrected chi connectivity index (χ2v) is 4.41. The van der Waals surface area contributed by atoms with E-state index in [0.29, 0.717) is 5.56 Å². The van der Waals surface area contributed by atoms with Gasteiger partial charge in [0.25, 0.3) is 0 Å². The van der Waals surface area contributed by atoms with Crippen LogP contribution in [0.2, 0.25) is 0 Å². The maximum Gasteiger partial charge on any atom is 0.127 e. The molecular weight excluding hydrogens is 227 g/mol. The summed E-state index contributed by atoms with van der Waals surface area (Å²) in [6.45, 7) is 5.80. The van der Waals surface area contributed by atoms with Crippen molar-refractivity contribution in [3.8, 4) is 0 Å². The monoisotopic (exact) mass is 246 g/mol. The number of halogens is 1. The van der Waals surface area contributed by atoms with Gasteiger partial charge in [-0.05, 0) is 32.0 Å². The van der Waals surface area contributed by atoms with Crippen molar-refractivity contribution in [3.63, 3.8) is 0 Å². The Labute approximate surface area is 107 Å². The minimum atomic E-state index is -0.150. The smallest absolute Gasteiger partial charge is 0.127 e. The summed E-state index contributed by atoms with van der Waals surface area (Å²) in [7, 11) is 0. The van der Waals surface area contributed by atoms with Gasteiger partial charge in [-0.2, -0.15) is 0 Å². The van der Waals surface area contributed by atoms with Gasteiger partial charge in [0.05, 0.1) is 0 Å². The Hall–Kier alpha value is -1.61. The van der Waals surface area contributed by atoms with Crippen LogP contribution >= 0.6 is 0 Å². The number of hydrogen-bond donors (Lipinski definition) is 1. The molecule has 0 fully saturated rings. The van der Waals surface area contributed by atoms with Crippen LogP contribution in [0.25, 0.3) is 0 Å². The van der Waals surface area contributed by atoms with Crippen LogP contribution in [-0.2, 0) is 13.1 Å². The number of nitrogens with zero attached hydrogens (tertiary/aromatic N) is 1. The third-order valence-corrected chi connectivity index (χ3v) is 3.23. The van der Waals surface area contributed by atoms with Gasteiger partial charge in [-0.15, -0.1) is 0 Å². The van der Waals surface area contributed by atoms with Gasteiger partial charge in [0.2, 0.25) is 0 Å². The zero-order valence-electron chi connectivity index (χ0n) is 10.9. The molecule has 2 nitrogen and oxygen atoms in total. The first-order valence-corrected chi connectivity index (χ1v) is 6.34. The lowest BCUT2D eigenvalue weighted by Gasteiger charge is -2.16. The number of rotatable bonds is 5. The summed E-state index contributed by atoms with van der Waals surface area (Å²) >= 11 is 0. The summed E-state index contributed by atoms with van der Waals surface area (Å²) in [5, 5.41) is 3.36. The van der Waals surface area contributed by atoms with Crippen molar-refractivity contribution in [2.75, 3.05) is 0 Å². The first-order valence-electron chi connectivity index (χ1n) is 6.34. The number of nitrogens with one attached hydrogen (secondary N) is 1. The Bertz CT molecular complexity index is 505. The normalized spacial score (nSPS) is 12.6. The van der Waals surface area contributed by atoms with E-state index >= 15 is 0 Å². The molecule has 0 aliphatic carbocycles. The van der Waals surface area contributed by atoms with Crippen LogP contribution < -0.4 is 5.32 Å². The molecule has 0 aliphatic rings. The molecule has 1 aromatic heterocycles. The van der Waals surface area contributed by atoms with Crippen LogP contribution in [0.3, 0.4) is 0 Å². The fourth-order valence-electron chi connectivity index (χ4n) is 2.11. The fourth-order valence-corrected chi connectivity index (χ4v) is 2.11. The predicted molar refractivity (Wildman–Crippen MR) is 71.8 cm³/mol. The summed E-state index contributed by atoms with van der Waals surface area (Å²) in [4.78, 5) is 0. The highest BCUT2D eigenvalue weighted by atomic mass is 19.1. The molecule has 1 atom stereocenters. The highest BCUT2D eigenvalue weighted by molar-refractivity contribution is 5.20. The third-order valence-electron chi connectivity index (χ3n) is 3.23. The van der Waals surface area contributed by atoms with Crippen molar-refractivity contribution in [2.24, 2.45) is 0 Å². The van der Waals surface area contributed by atoms with E-state index in [0.717, 1.165) is 13.1 Å². The van der Waals surface area contributed by atoms with Crippen LogP contribution in [0.4, 0.5) is 4.39 Å². The molecule has 2 aromatic rings. The van der Waals surface area contributed by atoms with Gasteiger partial charge in [-0.1, -0.05) is 18.2 Å². The molecule has 2 rings (SSSR count). The molecule has 18 heavy (non-hydrogen) atoms. The van der Waals surface area contributed by atoms with Gasteiger partial charge in [0.15, 0.2) is 0 Å². The van der Waals surface area contributed by atoms with Gasteiger partial charge in [0.1, 0.15) is 5.82 Å². The molecule has 0 bridgehead atoms. The standard InChI is InChI=1S/C15H19FN2/c1-3-18-10-6-7-13(18)11-17-12(2)14-8-4-5-9-15(14)16/h4-10,12,17H,3,11H2,1-2H3/t12-/m1/s1. The van der Waals surface area contributed by atoms with Crippen LogP contribution in [0, 0.1) is 5.82 Å². The first-order chi connectivity index (χ1) is 8.72. The molecule has 0 unspecified atom stereocenters. The lowest BCUT2D eigenvalue weighted by Crippen LogP contribution is -2.20. The minimum Gasteiger partial charge on any atom is -0.351 e. The fraction of sp³-hybridized carbons (Fsp3) is 0.333. The van der Waals surface area contributed by atoms with Crippen molar-refractivity contribution in [1.29, 1.82) is 0 Å². The molecule has 0 spiro atoms. The van der Waals surface area contributed by atoms with Crippen molar-refractivity contribution < 1.29 is 4.39 Å². The van der Waals surface area contributed by atoms with Crippen molar-refractivity contribution in [3.05, 3.63) is 59.7 Å². The molecule has 0 saturated heterocycles. The van der Waals surface area contributed by atoms with Crippen LogP contribution in [-0.4, -0.2) is 4.57 Å². The van der Waals surface area contributed by atoms with E-state index in [1.54, 1.807) is 6.07 Å². The maximum absolute atomic E-state index is 13.6. The van der Waals surface area contributed by atoms with E-state index in [9.17, 15) is 4.39 Å². The molecule has 1 aromatic carbocycles. The summed E-state index contributed by atoms with van der Waals surface area (Å²) in [6.07, 6.45) is 2.06. The molecule has 3 heteroatoms. The lowest BCUT2D eigenvalue weighted by atomic mass is 10.1. The maximum atomic E-state index is 13.6. The minimum absolute atomic E-state index is 0.00593. The van der Waals surface area contributed by atoms with Crippen LogP contribution in [0.15, 0.2) is 42.6 Å². The molecule has 1 N–H and O–H groups in total. The van der Waals surface area contributed by atoms with Gasteiger partial charge in [-0.25, -0.2) is 4.39 Å². The highest BCUT2D eigenvalue weighted by Crippen LogP contribution is 2.16. The Balaban J connectivity index is 2.01. The van der Waals surface area contributed by atoms with E-state index in [1.807, 2.05) is 25.1 Å². The van der Waals surface area contributed by atoms with Crippen molar-refractivity contribution >= 4 is 0 Å². The third kappa shape index (κ3) is 2.79. The second kappa shape index (κ2) is 5.83. The topological polar surface area (TPSA) is 17.0 Å². The molecule has 0 radical (unpaired) electrons. The number of aryl methyl sites for hydroxylation is 1. The Morgan fingerprint density at radius 1 is 1.22 bits per heavy atom. The van der Waals surface area contributed by atoms with E-state index in [-0.39, 0.29) is 11.9 Å². The summed E-state index contributed by atoms with van der Waals surface area (Å²) in [6, 6.07) is 11.0. The van der Waals surface area contributed by atoms with Crippen LogP contribution in [0.5, 0.6) is 0 Å². The number of benzene rings is 1. The van der Waals surface area contributed by atoms with Crippen molar-refractivity contribution in [2.45, 2.75) is 33.0 Å². The SMILES string of the molecule is CCn1cccc1CN[C@H](C)c1ccccc1F. The van der Waals surface area contributed by atoms with Gasteiger partial charge < -0.3 is 9.88 Å². The second-order valence-electron chi connectivity index (χ2n) is 4.41. The summed E-state index contributed by atoms with van der Waals surface area (Å²) in [5.74, 6) is -0.150. The number of hydrogen-bond acceptors (Lipinski definition) is 1. The number of aromatic nitrogens is 1. The highest BCUT2D eigenvalue weighted by Gasteiger charge is 2.10. The van der Waals surface area contributed by atoms with E-state index in [4.69, 9.17) is 0 Å². The van der Waals surface area contributed by atoms with E-state index in [1.165, 1.54) is 11.8 Å². The predicted octanol–water partition coefficient (Wildman–Crippen LogP) is 3.50. The molecule has 0 aliphatic heterocycles.